The molecule has 1 amide bonds. The van der Waals surface area contributed by atoms with E-state index >= 15 is 0 Å². The van der Waals surface area contributed by atoms with Gasteiger partial charge in [-0.1, -0.05) is 35.9 Å². The lowest BCUT2D eigenvalue weighted by molar-refractivity contribution is -0.885. The first-order valence-corrected chi connectivity index (χ1v) is 8.09. The first-order chi connectivity index (χ1) is 10.8. The van der Waals surface area contributed by atoms with E-state index in [9.17, 15) is 4.79 Å². The van der Waals surface area contributed by atoms with Gasteiger partial charge in [-0.2, -0.15) is 0 Å². The Morgan fingerprint density at radius 1 is 0.957 bits per heavy atom. The third kappa shape index (κ3) is 4.93. The van der Waals surface area contributed by atoms with E-state index in [-0.39, 0.29) is 5.91 Å². The standard InChI is InChI=1S/C20H26N2O/c1-14-7-9-18(17(4)10-14)12-22(5)13-20(23)21-19-11-15(2)6-8-16(19)3/h6-11H,12-13H2,1-5H3,(H,21,23)/p+1. The van der Waals surface area contributed by atoms with Crippen molar-refractivity contribution in [3.8, 4) is 0 Å². The zero-order valence-electron chi connectivity index (χ0n) is 14.8. The van der Waals surface area contributed by atoms with Gasteiger partial charge in [-0.15, -0.1) is 0 Å². The molecule has 0 aromatic heterocycles. The number of carbonyl (C=O) groups excluding carboxylic acids is 1. The van der Waals surface area contributed by atoms with Crippen molar-refractivity contribution < 1.29 is 9.69 Å². The van der Waals surface area contributed by atoms with Crippen molar-refractivity contribution >= 4 is 11.6 Å². The van der Waals surface area contributed by atoms with Crippen LogP contribution in [0.25, 0.3) is 0 Å². The number of nitrogens with one attached hydrogen (secondary N) is 2. The molecular weight excluding hydrogens is 284 g/mol. The van der Waals surface area contributed by atoms with E-state index in [1.807, 2.05) is 26.0 Å². The van der Waals surface area contributed by atoms with Gasteiger partial charge in [-0.25, -0.2) is 0 Å². The average molecular weight is 311 g/mol. The van der Waals surface area contributed by atoms with E-state index in [1.165, 1.54) is 21.6 Å². The molecule has 2 aromatic carbocycles. The quantitative estimate of drug-likeness (QED) is 0.874. The maximum Gasteiger partial charge on any atom is 0.279 e. The number of benzene rings is 2. The first-order valence-electron chi connectivity index (χ1n) is 8.09. The molecule has 2 rings (SSSR count). The highest BCUT2D eigenvalue weighted by molar-refractivity contribution is 5.92. The second kappa shape index (κ2) is 7.42. The van der Waals surface area contributed by atoms with Crippen molar-refractivity contribution in [2.24, 2.45) is 0 Å². The average Bonchev–Trinajstić information content (AvgIpc) is 2.46. The molecule has 23 heavy (non-hydrogen) atoms. The third-order valence-corrected chi connectivity index (χ3v) is 4.12. The molecule has 0 fully saturated rings. The molecule has 0 radical (unpaired) electrons. The fraction of sp³-hybridized carbons (Fsp3) is 0.350. The Balaban J connectivity index is 1.95. The maximum absolute atomic E-state index is 12.3. The Hall–Kier alpha value is -2.13. The van der Waals surface area contributed by atoms with E-state index in [1.54, 1.807) is 0 Å². The molecule has 0 aliphatic rings. The van der Waals surface area contributed by atoms with Crippen LogP contribution < -0.4 is 10.2 Å². The molecule has 0 saturated heterocycles. The SMILES string of the molecule is Cc1ccc(C[NH+](C)CC(=O)Nc2cc(C)ccc2C)c(C)c1. The lowest BCUT2D eigenvalue weighted by atomic mass is 10.1. The smallest absolute Gasteiger partial charge is 0.279 e. The molecule has 0 aliphatic heterocycles. The minimum Gasteiger partial charge on any atom is -0.326 e. The van der Waals surface area contributed by atoms with Crippen LogP contribution in [0.5, 0.6) is 0 Å². The van der Waals surface area contributed by atoms with Crippen molar-refractivity contribution in [3.63, 3.8) is 0 Å². The summed E-state index contributed by atoms with van der Waals surface area (Å²) in [6, 6.07) is 12.6. The summed E-state index contributed by atoms with van der Waals surface area (Å²) < 4.78 is 0. The van der Waals surface area contributed by atoms with E-state index in [0.29, 0.717) is 6.54 Å². The lowest BCUT2D eigenvalue weighted by Gasteiger charge is -2.16. The second-order valence-electron chi connectivity index (χ2n) is 6.61. The molecule has 2 N–H and O–H groups in total. The summed E-state index contributed by atoms with van der Waals surface area (Å²) in [6.45, 7) is 9.59. The number of hydrogen-bond donors (Lipinski definition) is 2. The molecule has 0 saturated carbocycles. The highest BCUT2D eigenvalue weighted by Crippen LogP contribution is 2.15. The molecule has 0 heterocycles. The van der Waals surface area contributed by atoms with Crippen LogP contribution in [-0.4, -0.2) is 19.5 Å². The number of rotatable bonds is 5. The first kappa shape index (κ1) is 17.2. The normalized spacial score (nSPS) is 12.0. The van der Waals surface area contributed by atoms with Crippen molar-refractivity contribution in [3.05, 3.63) is 64.2 Å². The number of hydrogen-bond acceptors (Lipinski definition) is 1. The lowest BCUT2D eigenvalue weighted by Crippen LogP contribution is -3.08. The molecule has 122 valence electrons. The van der Waals surface area contributed by atoms with Gasteiger partial charge in [-0.05, 0) is 50.5 Å². The Bertz CT molecular complexity index is 707. The largest absolute Gasteiger partial charge is 0.326 e. The van der Waals surface area contributed by atoms with E-state index < -0.39 is 0 Å². The van der Waals surface area contributed by atoms with Crippen LogP contribution in [0.2, 0.25) is 0 Å². The molecule has 3 nitrogen and oxygen atoms in total. The summed E-state index contributed by atoms with van der Waals surface area (Å²) in [4.78, 5) is 13.5. The van der Waals surface area contributed by atoms with E-state index in [4.69, 9.17) is 0 Å². The zero-order valence-corrected chi connectivity index (χ0v) is 14.8. The number of amides is 1. The fourth-order valence-electron chi connectivity index (χ4n) is 2.77. The van der Waals surface area contributed by atoms with E-state index in [0.717, 1.165) is 23.4 Å². The van der Waals surface area contributed by atoms with Crippen LogP contribution in [0.15, 0.2) is 36.4 Å². The summed E-state index contributed by atoms with van der Waals surface area (Å²) in [7, 11) is 2.06. The Morgan fingerprint density at radius 2 is 1.61 bits per heavy atom. The number of anilines is 1. The Kier molecular flexibility index (Phi) is 5.56. The minimum atomic E-state index is 0.0564. The summed E-state index contributed by atoms with van der Waals surface area (Å²) in [5.74, 6) is 0.0564. The van der Waals surface area contributed by atoms with Crippen molar-refractivity contribution in [2.75, 3.05) is 18.9 Å². The van der Waals surface area contributed by atoms with E-state index in [2.05, 4.69) is 50.5 Å². The molecule has 1 atom stereocenters. The topological polar surface area (TPSA) is 33.5 Å². The zero-order chi connectivity index (χ0) is 17.0. The second-order valence-corrected chi connectivity index (χ2v) is 6.61. The summed E-state index contributed by atoms with van der Waals surface area (Å²) in [5, 5.41) is 3.03. The predicted octanol–water partition coefficient (Wildman–Crippen LogP) is 2.57. The van der Waals surface area contributed by atoms with Gasteiger partial charge in [0.05, 0.1) is 7.05 Å². The van der Waals surface area contributed by atoms with Gasteiger partial charge < -0.3 is 10.2 Å². The van der Waals surface area contributed by atoms with Crippen LogP contribution in [0, 0.1) is 27.7 Å². The molecule has 1 unspecified atom stereocenters. The van der Waals surface area contributed by atoms with Crippen molar-refractivity contribution in [2.45, 2.75) is 34.2 Å². The highest BCUT2D eigenvalue weighted by Gasteiger charge is 2.13. The maximum atomic E-state index is 12.3. The Labute approximate surface area is 139 Å². The van der Waals surface area contributed by atoms with Crippen LogP contribution in [0.1, 0.15) is 27.8 Å². The van der Waals surface area contributed by atoms with Gasteiger partial charge in [0.1, 0.15) is 6.54 Å². The van der Waals surface area contributed by atoms with Crippen LogP contribution in [0.3, 0.4) is 0 Å². The van der Waals surface area contributed by atoms with Crippen LogP contribution in [0.4, 0.5) is 5.69 Å². The van der Waals surface area contributed by atoms with Gasteiger partial charge in [0.15, 0.2) is 6.54 Å². The van der Waals surface area contributed by atoms with Gasteiger partial charge in [0.25, 0.3) is 5.91 Å². The number of carbonyl (C=O) groups is 1. The predicted molar refractivity (Wildman–Crippen MR) is 95.9 cm³/mol. The monoisotopic (exact) mass is 311 g/mol. The third-order valence-electron chi connectivity index (χ3n) is 4.12. The summed E-state index contributed by atoms with van der Waals surface area (Å²) in [6.07, 6.45) is 0. The number of quaternary nitrogens is 1. The minimum absolute atomic E-state index is 0.0564. The number of aryl methyl sites for hydroxylation is 4. The summed E-state index contributed by atoms with van der Waals surface area (Å²) >= 11 is 0. The number of likely N-dealkylation sites (N-methyl/N-ethyl adjacent to an activating group) is 1. The van der Waals surface area contributed by atoms with Gasteiger partial charge in [0, 0.05) is 11.3 Å². The Morgan fingerprint density at radius 3 is 2.30 bits per heavy atom. The van der Waals surface area contributed by atoms with Gasteiger partial charge in [-0.3, -0.25) is 4.79 Å². The molecule has 0 spiro atoms. The summed E-state index contributed by atoms with van der Waals surface area (Å²) in [5.41, 5.74) is 7.02. The van der Waals surface area contributed by atoms with Crippen LogP contribution in [-0.2, 0) is 11.3 Å². The van der Waals surface area contributed by atoms with Crippen molar-refractivity contribution in [1.29, 1.82) is 0 Å². The fourth-order valence-corrected chi connectivity index (χ4v) is 2.77. The van der Waals surface area contributed by atoms with Crippen LogP contribution >= 0.6 is 0 Å². The molecule has 3 heteroatoms. The molecule has 0 bridgehead atoms. The molecule has 0 aliphatic carbocycles. The van der Waals surface area contributed by atoms with Gasteiger partial charge >= 0.3 is 0 Å². The highest BCUT2D eigenvalue weighted by atomic mass is 16.2. The van der Waals surface area contributed by atoms with Gasteiger partial charge in [0.2, 0.25) is 0 Å². The molecule has 2 aromatic rings. The van der Waals surface area contributed by atoms with Crippen molar-refractivity contribution in [1.82, 2.24) is 0 Å². The molecular formula is C20H27N2O+.